The van der Waals surface area contributed by atoms with E-state index in [2.05, 4.69) is 13.8 Å². The van der Waals surface area contributed by atoms with Gasteiger partial charge in [0.25, 0.3) is 0 Å². The van der Waals surface area contributed by atoms with Crippen molar-refractivity contribution in [2.24, 2.45) is 5.92 Å². The van der Waals surface area contributed by atoms with Gasteiger partial charge in [-0.3, -0.25) is 5.11 Å². The van der Waals surface area contributed by atoms with Gasteiger partial charge in [-0.05, 0) is 30.2 Å². The molecule has 0 N–H and O–H groups in total. The van der Waals surface area contributed by atoms with Crippen molar-refractivity contribution in [3.05, 3.63) is 24.3 Å². The molecule has 1 radical (unpaired) electrons. The minimum atomic E-state index is 0.0203. The smallest absolute Gasteiger partial charge is 0.178 e. The minimum Gasteiger partial charge on any atom is -0.493 e. The molecule has 0 aliphatic heterocycles. The normalized spacial score (nSPS) is 10.2. The van der Waals surface area contributed by atoms with Crippen molar-refractivity contribution in [2.75, 3.05) is 6.61 Å². The van der Waals surface area contributed by atoms with E-state index in [1.807, 2.05) is 0 Å². The number of hydrogen-bond acceptors (Lipinski definition) is 1. The molecular formula is C10H13O2. The van der Waals surface area contributed by atoms with E-state index in [1.165, 1.54) is 12.1 Å². The van der Waals surface area contributed by atoms with Gasteiger partial charge in [0, 0.05) is 0 Å². The Kier molecular flexibility index (Phi) is 2.97. The first-order chi connectivity index (χ1) is 5.68. The van der Waals surface area contributed by atoms with Crippen LogP contribution in [-0.4, -0.2) is 6.61 Å². The van der Waals surface area contributed by atoms with Crippen LogP contribution >= 0.6 is 0 Å². The van der Waals surface area contributed by atoms with Gasteiger partial charge in [-0.15, -0.1) is 0 Å². The molecular weight excluding hydrogens is 152 g/mol. The summed E-state index contributed by atoms with van der Waals surface area (Å²) in [4.78, 5) is 0. The van der Waals surface area contributed by atoms with Crippen molar-refractivity contribution in [3.63, 3.8) is 0 Å². The maximum Gasteiger partial charge on any atom is 0.178 e. The third-order valence-corrected chi connectivity index (χ3v) is 1.41. The molecule has 0 atom stereocenters. The number of ether oxygens (including phenoxy) is 1. The molecule has 65 valence electrons. The molecule has 2 nitrogen and oxygen atoms in total. The van der Waals surface area contributed by atoms with Gasteiger partial charge >= 0.3 is 0 Å². The van der Waals surface area contributed by atoms with Crippen LogP contribution in [0.5, 0.6) is 11.5 Å². The highest BCUT2D eigenvalue weighted by atomic mass is 16.5. The van der Waals surface area contributed by atoms with Crippen LogP contribution in [0.1, 0.15) is 13.8 Å². The average Bonchev–Trinajstić information content (AvgIpc) is 2.03. The second-order valence-electron chi connectivity index (χ2n) is 3.18. The molecule has 0 saturated carbocycles. The number of benzene rings is 1. The van der Waals surface area contributed by atoms with Crippen molar-refractivity contribution in [2.45, 2.75) is 13.8 Å². The molecule has 0 unspecified atom stereocenters. The van der Waals surface area contributed by atoms with Crippen LogP contribution in [0.2, 0.25) is 0 Å². The van der Waals surface area contributed by atoms with Crippen molar-refractivity contribution in [1.29, 1.82) is 0 Å². The van der Waals surface area contributed by atoms with Gasteiger partial charge in [-0.1, -0.05) is 13.8 Å². The molecule has 0 amide bonds. The molecule has 0 aromatic heterocycles. The summed E-state index contributed by atoms with van der Waals surface area (Å²) in [5.74, 6) is 1.30. The summed E-state index contributed by atoms with van der Waals surface area (Å²) in [7, 11) is 0. The van der Waals surface area contributed by atoms with E-state index in [-0.39, 0.29) is 5.75 Å². The van der Waals surface area contributed by atoms with Gasteiger partial charge in [0.15, 0.2) is 5.75 Å². The van der Waals surface area contributed by atoms with Crippen LogP contribution in [0.25, 0.3) is 0 Å². The Hall–Kier alpha value is -1.18. The van der Waals surface area contributed by atoms with Crippen molar-refractivity contribution in [1.82, 2.24) is 0 Å². The zero-order valence-corrected chi connectivity index (χ0v) is 7.41. The molecule has 0 aliphatic carbocycles. The lowest BCUT2D eigenvalue weighted by Gasteiger charge is -2.07. The lowest BCUT2D eigenvalue weighted by molar-refractivity contribution is 0.270. The van der Waals surface area contributed by atoms with E-state index >= 15 is 0 Å². The lowest BCUT2D eigenvalue weighted by atomic mass is 10.2. The summed E-state index contributed by atoms with van der Waals surface area (Å²) in [6.45, 7) is 4.86. The fraction of sp³-hybridized carbons (Fsp3) is 0.400. The molecule has 1 aromatic carbocycles. The maximum absolute atomic E-state index is 10.7. The van der Waals surface area contributed by atoms with Crippen molar-refractivity contribution in [3.8, 4) is 11.5 Å². The predicted molar refractivity (Wildman–Crippen MR) is 46.9 cm³/mol. The molecule has 0 saturated heterocycles. The maximum atomic E-state index is 10.7. The average molecular weight is 165 g/mol. The van der Waals surface area contributed by atoms with Crippen molar-refractivity contribution < 1.29 is 9.84 Å². The monoisotopic (exact) mass is 165 g/mol. The Labute approximate surface area is 72.8 Å². The van der Waals surface area contributed by atoms with Crippen LogP contribution < -0.4 is 4.74 Å². The first-order valence-electron chi connectivity index (χ1n) is 4.08. The fourth-order valence-electron chi connectivity index (χ4n) is 0.799. The standard InChI is InChI=1S/C10H13O2/c1-8(2)7-12-10-5-3-9(11)4-6-10/h3-6,8H,7H2,1-2H3. The summed E-state index contributed by atoms with van der Waals surface area (Å²) in [6, 6.07) is 6.42. The van der Waals surface area contributed by atoms with Crippen LogP contribution in [0.3, 0.4) is 0 Å². The van der Waals surface area contributed by atoms with Gasteiger partial charge in [0.05, 0.1) is 6.61 Å². The highest BCUT2D eigenvalue weighted by Crippen LogP contribution is 2.16. The fourth-order valence-corrected chi connectivity index (χ4v) is 0.799. The Balaban J connectivity index is 2.48. The number of rotatable bonds is 3. The predicted octanol–water partition coefficient (Wildman–Crippen LogP) is 2.87. The van der Waals surface area contributed by atoms with Crippen LogP contribution in [0, 0.1) is 5.92 Å². The lowest BCUT2D eigenvalue weighted by Crippen LogP contribution is -2.03. The minimum absolute atomic E-state index is 0.0203. The van der Waals surface area contributed by atoms with E-state index in [4.69, 9.17) is 4.74 Å². The van der Waals surface area contributed by atoms with Gasteiger partial charge < -0.3 is 4.74 Å². The second kappa shape index (κ2) is 4.00. The van der Waals surface area contributed by atoms with E-state index in [0.717, 1.165) is 5.75 Å². The molecule has 0 heterocycles. The first kappa shape index (κ1) is 8.91. The Morgan fingerprint density at radius 1 is 1.25 bits per heavy atom. The topological polar surface area (TPSA) is 29.1 Å². The highest BCUT2D eigenvalue weighted by Gasteiger charge is 1.96. The summed E-state index contributed by atoms with van der Waals surface area (Å²) in [6.07, 6.45) is 0. The molecule has 0 spiro atoms. The third-order valence-electron chi connectivity index (χ3n) is 1.41. The Morgan fingerprint density at radius 2 is 1.83 bits per heavy atom. The zero-order chi connectivity index (χ0) is 8.97. The molecule has 1 aromatic rings. The number of hydrogen-bond donors (Lipinski definition) is 0. The van der Waals surface area contributed by atoms with Crippen molar-refractivity contribution >= 4 is 0 Å². The van der Waals surface area contributed by atoms with E-state index < -0.39 is 0 Å². The molecule has 12 heavy (non-hydrogen) atoms. The summed E-state index contributed by atoms with van der Waals surface area (Å²) < 4.78 is 5.38. The Bertz CT molecular complexity index is 226. The largest absolute Gasteiger partial charge is 0.493 e. The molecule has 1 rings (SSSR count). The Morgan fingerprint density at radius 3 is 2.33 bits per heavy atom. The highest BCUT2D eigenvalue weighted by molar-refractivity contribution is 5.29. The first-order valence-corrected chi connectivity index (χ1v) is 4.08. The van der Waals surface area contributed by atoms with E-state index in [1.54, 1.807) is 12.1 Å². The van der Waals surface area contributed by atoms with Gasteiger partial charge in [0.2, 0.25) is 0 Å². The van der Waals surface area contributed by atoms with Gasteiger partial charge in [-0.2, -0.15) is 0 Å². The van der Waals surface area contributed by atoms with Gasteiger partial charge in [-0.25, -0.2) is 0 Å². The zero-order valence-electron chi connectivity index (χ0n) is 7.41. The van der Waals surface area contributed by atoms with E-state index in [0.29, 0.717) is 12.5 Å². The third kappa shape index (κ3) is 2.82. The second-order valence-corrected chi connectivity index (χ2v) is 3.18. The van der Waals surface area contributed by atoms with E-state index in [9.17, 15) is 5.11 Å². The quantitative estimate of drug-likeness (QED) is 0.677. The van der Waals surface area contributed by atoms with Crippen LogP contribution in [0.4, 0.5) is 0 Å². The summed E-state index contributed by atoms with van der Waals surface area (Å²) >= 11 is 0. The summed E-state index contributed by atoms with van der Waals surface area (Å²) in [5, 5.41) is 10.7. The summed E-state index contributed by atoms with van der Waals surface area (Å²) in [5.41, 5.74) is 0. The molecule has 2 heteroatoms. The van der Waals surface area contributed by atoms with Crippen LogP contribution in [0.15, 0.2) is 24.3 Å². The van der Waals surface area contributed by atoms with Crippen LogP contribution in [-0.2, 0) is 5.11 Å². The molecule has 0 bridgehead atoms. The SMILES string of the molecule is CC(C)COc1ccc([O])cc1. The molecule has 0 fully saturated rings. The van der Waals surface area contributed by atoms with Gasteiger partial charge in [0.1, 0.15) is 5.75 Å². The molecule has 0 aliphatic rings.